The fourth-order valence-corrected chi connectivity index (χ4v) is 6.10. The summed E-state index contributed by atoms with van der Waals surface area (Å²) in [6.45, 7) is 10.7. The predicted octanol–water partition coefficient (Wildman–Crippen LogP) is 6.56. The van der Waals surface area contributed by atoms with Crippen LogP contribution in [0.1, 0.15) is 57.2 Å². The van der Waals surface area contributed by atoms with Gasteiger partial charge in [-0.15, -0.1) is 0 Å². The lowest BCUT2D eigenvalue weighted by Crippen LogP contribution is -2.52. The van der Waals surface area contributed by atoms with Crippen molar-refractivity contribution in [3.63, 3.8) is 0 Å². The zero-order valence-electron chi connectivity index (χ0n) is 24.2. The number of amides is 2. The van der Waals surface area contributed by atoms with Gasteiger partial charge in [-0.05, 0) is 81.1 Å². The number of benzene rings is 3. The van der Waals surface area contributed by atoms with Gasteiger partial charge in [0.25, 0.3) is 10.0 Å². The van der Waals surface area contributed by atoms with Crippen LogP contribution in [0.5, 0.6) is 0 Å². The topological polar surface area (TPSA) is 86.8 Å². The molecule has 0 heterocycles. The summed E-state index contributed by atoms with van der Waals surface area (Å²) in [7, 11) is -4.14. The van der Waals surface area contributed by atoms with Crippen LogP contribution in [0.15, 0.2) is 71.6 Å². The van der Waals surface area contributed by atoms with E-state index in [0.29, 0.717) is 21.3 Å². The fourth-order valence-electron chi connectivity index (χ4n) is 4.21. The van der Waals surface area contributed by atoms with E-state index in [1.807, 2.05) is 46.8 Å². The number of sulfonamides is 1. The maximum Gasteiger partial charge on any atom is 0.264 e. The second-order valence-corrected chi connectivity index (χ2v) is 13.4. The summed E-state index contributed by atoms with van der Waals surface area (Å²) in [5, 5.41) is 3.60. The van der Waals surface area contributed by atoms with E-state index in [1.165, 1.54) is 17.0 Å². The number of carbonyl (C=O) groups is 2. The zero-order valence-corrected chi connectivity index (χ0v) is 26.5. The summed E-state index contributed by atoms with van der Waals surface area (Å²) in [6, 6.07) is 17.4. The number of halogens is 2. The molecule has 0 spiro atoms. The van der Waals surface area contributed by atoms with Crippen LogP contribution in [0.25, 0.3) is 0 Å². The number of hydrogen-bond acceptors (Lipinski definition) is 4. The zero-order chi connectivity index (χ0) is 30.5. The molecule has 3 aromatic carbocycles. The Balaban J connectivity index is 2.07. The van der Waals surface area contributed by atoms with Crippen LogP contribution in [0.2, 0.25) is 10.0 Å². The van der Waals surface area contributed by atoms with Gasteiger partial charge in [0.2, 0.25) is 11.8 Å². The molecule has 2 amide bonds. The number of hydrogen-bond donors (Lipinski definition) is 1. The first-order chi connectivity index (χ1) is 19.2. The summed E-state index contributed by atoms with van der Waals surface area (Å²) in [6.07, 6.45) is 0. The van der Waals surface area contributed by atoms with Crippen molar-refractivity contribution in [3.05, 3.63) is 93.5 Å². The van der Waals surface area contributed by atoms with E-state index in [1.54, 1.807) is 49.4 Å². The van der Waals surface area contributed by atoms with Crippen LogP contribution in [-0.2, 0) is 26.2 Å². The average molecular weight is 619 g/mol. The third kappa shape index (κ3) is 8.24. The second kappa shape index (κ2) is 13.7. The normalized spacial score (nSPS) is 12.3. The minimum Gasteiger partial charge on any atom is -0.352 e. The van der Waals surface area contributed by atoms with Crippen molar-refractivity contribution in [1.82, 2.24) is 10.2 Å². The molecule has 1 atom stereocenters. The van der Waals surface area contributed by atoms with Crippen LogP contribution in [0, 0.1) is 6.92 Å². The molecule has 0 aliphatic heterocycles. The largest absolute Gasteiger partial charge is 0.352 e. The van der Waals surface area contributed by atoms with E-state index in [9.17, 15) is 18.0 Å². The molecule has 0 aromatic heterocycles. The van der Waals surface area contributed by atoms with Crippen molar-refractivity contribution in [3.8, 4) is 0 Å². The molecule has 3 rings (SSSR count). The molecule has 3 aromatic rings. The predicted molar refractivity (Wildman–Crippen MR) is 166 cm³/mol. The summed E-state index contributed by atoms with van der Waals surface area (Å²) < 4.78 is 29.0. The summed E-state index contributed by atoms with van der Waals surface area (Å²) >= 11 is 12.5. The first kappa shape index (κ1) is 32.4. The number of nitrogens with zero attached hydrogens (tertiary/aromatic N) is 2. The van der Waals surface area contributed by atoms with E-state index >= 15 is 0 Å². The number of anilines is 1. The molecule has 7 nitrogen and oxygen atoms in total. The Morgan fingerprint density at radius 3 is 2.02 bits per heavy atom. The lowest BCUT2D eigenvalue weighted by atomic mass is 10.0. The van der Waals surface area contributed by atoms with Gasteiger partial charge in [0, 0.05) is 22.6 Å². The summed E-state index contributed by atoms with van der Waals surface area (Å²) in [4.78, 5) is 28.5. The molecule has 10 heteroatoms. The molecular formula is C31H37Cl2N3O4S. The van der Waals surface area contributed by atoms with Crippen molar-refractivity contribution < 1.29 is 18.0 Å². The molecule has 0 fully saturated rings. The summed E-state index contributed by atoms with van der Waals surface area (Å²) in [5.74, 6) is -0.688. The van der Waals surface area contributed by atoms with Gasteiger partial charge in [0.15, 0.2) is 0 Å². The molecule has 220 valence electrons. The van der Waals surface area contributed by atoms with E-state index in [-0.39, 0.29) is 29.3 Å². The number of nitrogens with one attached hydrogen (secondary N) is 1. The number of carbonyl (C=O) groups excluding carboxylic acids is 2. The van der Waals surface area contributed by atoms with Gasteiger partial charge in [-0.1, -0.05) is 72.9 Å². The number of rotatable bonds is 11. The SMILES string of the molecule is Cc1ccc(S(=O)(=O)N(CC(=O)N(Cc2ccc(Cl)cc2Cl)C(C)C(=O)NC(C)C)c2ccc(C(C)C)cc2)cc1. The van der Waals surface area contributed by atoms with Crippen LogP contribution >= 0.6 is 23.2 Å². The Morgan fingerprint density at radius 1 is 0.878 bits per heavy atom. The first-order valence-corrected chi connectivity index (χ1v) is 15.6. The van der Waals surface area contributed by atoms with Crippen LogP contribution in [0.4, 0.5) is 5.69 Å². The Labute approximate surface area is 253 Å². The van der Waals surface area contributed by atoms with Crippen molar-refractivity contribution in [2.24, 2.45) is 0 Å². The molecule has 0 radical (unpaired) electrons. The third-order valence-electron chi connectivity index (χ3n) is 6.69. The smallest absolute Gasteiger partial charge is 0.264 e. The first-order valence-electron chi connectivity index (χ1n) is 13.4. The monoisotopic (exact) mass is 617 g/mol. The van der Waals surface area contributed by atoms with Gasteiger partial charge in [0.1, 0.15) is 12.6 Å². The summed E-state index contributed by atoms with van der Waals surface area (Å²) in [5.41, 5.74) is 2.85. The van der Waals surface area contributed by atoms with Gasteiger partial charge in [-0.25, -0.2) is 8.42 Å². The van der Waals surface area contributed by atoms with Crippen molar-refractivity contribution in [2.45, 2.75) is 71.0 Å². The van der Waals surface area contributed by atoms with E-state index in [0.717, 1.165) is 15.4 Å². The molecule has 0 aliphatic rings. The maximum absolute atomic E-state index is 14.0. The Hall–Kier alpha value is -3.07. The maximum atomic E-state index is 14.0. The van der Waals surface area contributed by atoms with Crippen LogP contribution in [0.3, 0.4) is 0 Å². The van der Waals surface area contributed by atoms with Gasteiger partial charge in [-0.2, -0.15) is 0 Å². The molecule has 1 unspecified atom stereocenters. The number of aryl methyl sites for hydroxylation is 1. The fraction of sp³-hybridized carbons (Fsp3) is 0.355. The molecule has 41 heavy (non-hydrogen) atoms. The van der Waals surface area contributed by atoms with Crippen molar-refractivity contribution in [1.29, 1.82) is 0 Å². The lowest BCUT2D eigenvalue weighted by molar-refractivity contribution is -0.139. The highest BCUT2D eigenvalue weighted by Gasteiger charge is 2.33. The highest BCUT2D eigenvalue weighted by Crippen LogP contribution is 2.28. The minimum absolute atomic E-state index is 0.0216. The van der Waals surface area contributed by atoms with E-state index in [4.69, 9.17) is 23.2 Å². The molecule has 1 N–H and O–H groups in total. The standard InChI is InChI=1S/C31H37Cl2N3O4S/c1-20(2)24-10-13-27(14-11-24)36(41(39,40)28-15-7-22(5)8-16-28)19-30(37)35(23(6)31(38)34-21(3)4)18-25-9-12-26(32)17-29(25)33/h7-17,20-21,23H,18-19H2,1-6H3,(H,34,38). The quantitative estimate of drug-likeness (QED) is 0.264. The Morgan fingerprint density at radius 2 is 1.49 bits per heavy atom. The Bertz CT molecular complexity index is 1470. The molecular weight excluding hydrogens is 581 g/mol. The highest BCUT2D eigenvalue weighted by molar-refractivity contribution is 7.92. The lowest BCUT2D eigenvalue weighted by Gasteiger charge is -2.32. The van der Waals surface area contributed by atoms with Gasteiger partial charge in [-0.3, -0.25) is 13.9 Å². The highest BCUT2D eigenvalue weighted by atomic mass is 35.5. The molecule has 0 saturated heterocycles. The van der Waals surface area contributed by atoms with Crippen LogP contribution < -0.4 is 9.62 Å². The van der Waals surface area contributed by atoms with Crippen molar-refractivity contribution >= 4 is 50.7 Å². The molecule has 0 aliphatic carbocycles. The molecule has 0 saturated carbocycles. The van der Waals surface area contributed by atoms with E-state index in [2.05, 4.69) is 5.32 Å². The van der Waals surface area contributed by atoms with Gasteiger partial charge < -0.3 is 10.2 Å². The van der Waals surface area contributed by atoms with Gasteiger partial charge >= 0.3 is 0 Å². The van der Waals surface area contributed by atoms with Gasteiger partial charge in [0.05, 0.1) is 10.6 Å². The van der Waals surface area contributed by atoms with Crippen LogP contribution in [-0.4, -0.2) is 43.8 Å². The minimum atomic E-state index is -4.14. The average Bonchev–Trinajstić information content (AvgIpc) is 2.90. The third-order valence-corrected chi connectivity index (χ3v) is 9.06. The second-order valence-electron chi connectivity index (χ2n) is 10.7. The Kier molecular flexibility index (Phi) is 10.9. The van der Waals surface area contributed by atoms with E-state index < -0.39 is 28.5 Å². The van der Waals surface area contributed by atoms with Crippen molar-refractivity contribution in [2.75, 3.05) is 10.8 Å². The molecule has 0 bridgehead atoms.